The Morgan fingerprint density at radius 3 is 2.79 bits per heavy atom. The first-order valence-electron chi connectivity index (χ1n) is 9.14. The van der Waals surface area contributed by atoms with Crippen molar-refractivity contribution in [2.75, 3.05) is 18.9 Å². The summed E-state index contributed by atoms with van der Waals surface area (Å²) in [5, 5.41) is 8.43. The van der Waals surface area contributed by atoms with Gasteiger partial charge in [-0.25, -0.2) is 9.07 Å². The third-order valence-electron chi connectivity index (χ3n) is 4.68. The number of carbonyl (C=O) groups is 1. The lowest BCUT2D eigenvalue weighted by Crippen LogP contribution is -2.32. The lowest BCUT2D eigenvalue weighted by molar-refractivity contribution is -0.117. The van der Waals surface area contributed by atoms with Crippen molar-refractivity contribution in [3.05, 3.63) is 70.7 Å². The molecule has 0 radical (unpaired) electrons. The van der Waals surface area contributed by atoms with Gasteiger partial charge in [-0.15, -0.1) is 0 Å². The maximum Gasteiger partial charge on any atom is 0.238 e. The van der Waals surface area contributed by atoms with Crippen molar-refractivity contribution >= 4 is 40.4 Å². The van der Waals surface area contributed by atoms with Crippen LogP contribution in [-0.2, 0) is 11.5 Å². The predicted octanol–water partition coefficient (Wildman–Crippen LogP) is 3.99. The number of aromatic nitrogens is 3. The normalized spacial score (nSPS) is 11.4. The van der Waals surface area contributed by atoms with E-state index < -0.39 is 5.82 Å². The number of nitrogens with one attached hydrogen (secondary N) is 1. The number of likely N-dealkylation sites (N-methyl/N-ethyl adjacent to an activating group) is 1. The number of halogens is 1. The van der Waals surface area contributed by atoms with Crippen molar-refractivity contribution in [2.45, 2.75) is 13.6 Å². The molecular formula is C21H20FN5OS. The van der Waals surface area contributed by atoms with Gasteiger partial charge in [0.25, 0.3) is 0 Å². The monoisotopic (exact) mass is 409 g/mol. The topological polar surface area (TPSA) is 54.6 Å². The van der Waals surface area contributed by atoms with Crippen LogP contribution in [0.25, 0.3) is 16.6 Å². The van der Waals surface area contributed by atoms with Gasteiger partial charge in [-0.2, -0.15) is 5.10 Å². The van der Waals surface area contributed by atoms with E-state index in [1.54, 1.807) is 28.8 Å². The highest BCUT2D eigenvalue weighted by Gasteiger charge is 2.13. The van der Waals surface area contributed by atoms with Crippen LogP contribution in [0, 0.1) is 17.5 Å². The van der Waals surface area contributed by atoms with Crippen molar-refractivity contribution in [1.29, 1.82) is 0 Å². The van der Waals surface area contributed by atoms with Crippen molar-refractivity contribution in [1.82, 2.24) is 19.1 Å². The fourth-order valence-corrected chi connectivity index (χ4v) is 3.69. The molecule has 6 nitrogen and oxygen atoms in total. The van der Waals surface area contributed by atoms with Gasteiger partial charge in [0, 0.05) is 11.1 Å². The van der Waals surface area contributed by atoms with E-state index >= 15 is 0 Å². The Hall–Kier alpha value is -3.10. The lowest BCUT2D eigenvalue weighted by atomic mass is 10.1. The second kappa shape index (κ2) is 7.73. The Balaban J connectivity index is 1.54. The summed E-state index contributed by atoms with van der Waals surface area (Å²) in [5.74, 6) is -0.635. The van der Waals surface area contributed by atoms with Crippen LogP contribution in [0.15, 0.2) is 54.6 Å². The highest BCUT2D eigenvalue weighted by atomic mass is 32.1. The predicted molar refractivity (Wildman–Crippen MR) is 114 cm³/mol. The van der Waals surface area contributed by atoms with Crippen molar-refractivity contribution < 1.29 is 9.18 Å². The minimum absolute atomic E-state index is 0.117. The summed E-state index contributed by atoms with van der Waals surface area (Å²) < 4.78 is 17.5. The maximum atomic E-state index is 13.3. The molecule has 29 heavy (non-hydrogen) atoms. The molecule has 2 aromatic carbocycles. The minimum atomic E-state index is -0.394. The number of carbonyl (C=O) groups excluding carboxylic acids is 1. The van der Waals surface area contributed by atoms with Crippen LogP contribution >= 0.6 is 12.2 Å². The van der Waals surface area contributed by atoms with Crippen LogP contribution in [0.1, 0.15) is 5.56 Å². The number of pyridine rings is 1. The molecule has 0 bridgehead atoms. The van der Waals surface area contributed by atoms with E-state index in [1.165, 1.54) is 12.1 Å². The summed E-state index contributed by atoms with van der Waals surface area (Å²) in [6, 6.07) is 15.9. The zero-order valence-corrected chi connectivity index (χ0v) is 16.9. The van der Waals surface area contributed by atoms with Crippen molar-refractivity contribution in [2.24, 2.45) is 0 Å². The standard InChI is InChI=1S/C21H20FN5OS/c1-14-10-19-24-26(21(29)27(19)18-9-4-3-8-17(14)18)13-25(2)12-20(28)23-16-7-5-6-15(22)11-16/h3-11H,12-13H2,1-2H3,(H,23,28). The van der Waals surface area contributed by atoms with Gasteiger partial charge in [0.15, 0.2) is 5.65 Å². The zero-order valence-electron chi connectivity index (χ0n) is 16.1. The number of fused-ring (bicyclic) bond motifs is 3. The lowest BCUT2D eigenvalue weighted by Gasteiger charge is -2.16. The fourth-order valence-electron chi connectivity index (χ4n) is 3.40. The summed E-state index contributed by atoms with van der Waals surface area (Å²) >= 11 is 5.64. The molecule has 0 aliphatic heterocycles. The molecule has 1 amide bonds. The number of rotatable bonds is 5. The number of amides is 1. The van der Waals surface area contributed by atoms with Crippen LogP contribution in [0.3, 0.4) is 0 Å². The smallest absolute Gasteiger partial charge is 0.238 e. The van der Waals surface area contributed by atoms with E-state index in [4.69, 9.17) is 12.2 Å². The summed E-state index contributed by atoms with van der Waals surface area (Å²) in [6.07, 6.45) is 0. The van der Waals surface area contributed by atoms with Crippen molar-refractivity contribution in [3.8, 4) is 0 Å². The van der Waals surface area contributed by atoms with Gasteiger partial charge in [-0.05, 0) is 62.1 Å². The zero-order chi connectivity index (χ0) is 20.5. The molecule has 0 atom stereocenters. The number of hydrogen-bond donors (Lipinski definition) is 1. The first-order chi connectivity index (χ1) is 13.9. The second-order valence-electron chi connectivity index (χ2n) is 7.03. The number of nitrogens with zero attached hydrogens (tertiary/aromatic N) is 4. The summed E-state index contributed by atoms with van der Waals surface area (Å²) in [5.41, 5.74) is 3.33. The molecule has 2 aromatic heterocycles. The third kappa shape index (κ3) is 3.90. The van der Waals surface area contributed by atoms with E-state index in [-0.39, 0.29) is 12.5 Å². The molecule has 0 fully saturated rings. The van der Waals surface area contributed by atoms with Gasteiger partial charge in [0.05, 0.1) is 18.7 Å². The molecular weight excluding hydrogens is 389 g/mol. The maximum absolute atomic E-state index is 13.3. The first kappa shape index (κ1) is 19.2. The first-order valence-corrected chi connectivity index (χ1v) is 9.55. The molecule has 2 heterocycles. The van der Waals surface area contributed by atoms with Crippen LogP contribution in [0.4, 0.5) is 10.1 Å². The van der Waals surface area contributed by atoms with Crippen LogP contribution < -0.4 is 5.32 Å². The molecule has 4 aromatic rings. The average Bonchev–Trinajstić information content (AvgIpc) is 2.97. The average molecular weight is 409 g/mol. The van der Waals surface area contributed by atoms with E-state index in [0.29, 0.717) is 17.1 Å². The highest BCUT2D eigenvalue weighted by Crippen LogP contribution is 2.21. The summed E-state index contributed by atoms with van der Waals surface area (Å²) in [7, 11) is 1.81. The van der Waals surface area contributed by atoms with Gasteiger partial charge in [0.1, 0.15) is 5.82 Å². The quantitative estimate of drug-likeness (QED) is 0.507. The summed E-state index contributed by atoms with van der Waals surface area (Å²) in [6.45, 7) is 2.52. The Morgan fingerprint density at radius 2 is 2.00 bits per heavy atom. The van der Waals surface area contributed by atoms with Crippen LogP contribution in [-0.4, -0.2) is 38.6 Å². The minimum Gasteiger partial charge on any atom is -0.325 e. The molecule has 0 aliphatic rings. The number of aryl methyl sites for hydroxylation is 1. The molecule has 148 valence electrons. The van der Waals surface area contributed by atoms with E-state index in [0.717, 1.165) is 22.1 Å². The van der Waals surface area contributed by atoms with Crippen LogP contribution in [0.5, 0.6) is 0 Å². The van der Waals surface area contributed by atoms with Crippen LogP contribution in [0.2, 0.25) is 0 Å². The Bertz CT molecular complexity index is 1280. The van der Waals surface area contributed by atoms with Gasteiger partial charge in [0.2, 0.25) is 10.7 Å². The van der Waals surface area contributed by atoms with Gasteiger partial charge in [-0.3, -0.25) is 14.1 Å². The highest BCUT2D eigenvalue weighted by molar-refractivity contribution is 7.71. The third-order valence-corrected chi connectivity index (χ3v) is 5.07. The van der Waals surface area contributed by atoms with Gasteiger partial charge < -0.3 is 5.32 Å². The van der Waals surface area contributed by atoms with E-state index in [9.17, 15) is 9.18 Å². The molecule has 0 saturated carbocycles. The largest absolute Gasteiger partial charge is 0.325 e. The molecule has 0 aliphatic carbocycles. The Labute approximate surface area is 172 Å². The van der Waals surface area contributed by atoms with Crippen molar-refractivity contribution in [3.63, 3.8) is 0 Å². The molecule has 0 spiro atoms. The Kier molecular flexibility index (Phi) is 5.12. The fraction of sp³-hybridized carbons (Fsp3) is 0.190. The van der Waals surface area contributed by atoms with Gasteiger partial charge >= 0.3 is 0 Å². The van der Waals surface area contributed by atoms with Gasteiger partial charge in [-0.1, -0.05) is 24.3 Å². The molecule has 0 unspecified atom stereocenters. The number of para-hydroxylation sites is 1. The SMILES string of the molecule is Cc1cc2nn(CN(C)CC(=O)Nc3cccc(F)c3)c(=S)n2c2ccccc12. The number of benzene rings is 2. The molecule has 0 saturated heterocycles. The number of anilines is 1. The van der Waals surface area contributed by atoms with E-state index in [1.807, 2.05) is 35.6 Å². The molecule has 4 rings (SSSR count). The second-order valence-corrected chi connectivity index (χ2v) is 7.40. The Morgan fingerprint density at radius 1 is 1.21 bits per heavy atom. The summed E-state index contributed by atoms with van der Waals surface area (Å²) in [4.78, 5) is 14.1. The van der Waals surface area contributed by atoms with E-state index in [2.05, 4.69) is 16.5 Å². The molecule has 1 N–H and O–H groups in total. The molecule has 8 heteroatoms. The number of hydrogen-bond acceptors (Lipinski definition) is 4.